The molecule has 0 bridgehead atoms. The molecule has 1 aliphatic carbocycles. The number of aromatic nitrogens is 3. The minimum atomic E-state index is -1.26. The highest BCUT2D eigenvalue weighted by Crippen LogP contribution is 2.42. The molecule has 2 aliphatic rings. The second-order valence-corrected chi connectivity index (χ2v) is 8.75. The van der Waals surface area contributed by atoms with E-state index in [-0.39, 0.29) is 44.4 Å². The number of anilines is 2. The normalized spacial score (nSPS) is 21.3. The third-order valence-electron chi connectivity index (χ3n) is 6.57. The van der Waals surface area contributed by atoms with E-state index in [0.717, 1.165) is 6.07 Å². The van der Waals surface area contributed by atoms with Crippen molar-refractivity contribution in [2.45, 2.75) is 24.7 Å². The lowest BCUT2D eigenvalue weighted by Gasteiger charge is -2.23. The Morgan fingerprint density at radius 3 is 2.81 bits per heavy atom. The number of nitrogen functional groups attached to an aromatic ring is 1. The first kappa shape index (κ1) is 22.3. The van der Waals surface area contributed by atoms with Crippen LogP contribution >= 0.6 is 0 Å². The molecule has 2 aromatic carbocycles. The molecule has 7 nitrogen and oxygen atoms in total. The van der Waals surface area contributed by atoms with Crippen LogP contribution in [0.25, 0.3) is 32.9 Å². The Morgan fingerprint density at radius 2 is 2.03 bits per heavy atom. The number of pyridine rings is 1. The van der Waals surface area contributed by atoms with Gasteiger partial charge >= 0.3 is 5.69 Å². The summed E-state index contributed by atoms with van der Waals surface area (Å²) in [6.45, 7) is 0.708. The summed E-state index contributed by atoms with van der Waals surface area (Å²) in [7, 11) is 0. The molecule has 4 aromatic rings. The number of H-pyrrole nitrogens is 1. The minimum Gasteiger partial charge on any atom is -0.399 e. The number of ether oxygens (including phenoxy) is 1. The van der Waals surface area contributed by atoms with Crippen LogP contribution in [0.15, 0.2) is 29.2 Å². The molecule has 36 heavy (non-hydrogen) atoms. The van der Waals surface area contributed by atoms with Gasteiger partial charge in [0.05, 0.1) is 22.5 Å². The Hall–Kier alpha value is -4.17. The molecule has 182 valence electrons. The maximum atomic E-state index is 16.0. The van der Waals surface area contributed by atoms with Crippen LogP contribution in [0.5, 0.6) is 0 Å². The maximum absolute atomic E-state index is 16.0. The second kappa shape index (κ2) is 7.93. The largest absolute Gasteiger partial charge is 0.399 e. The number of fused-ring (bicyclic) bond motifs is 3. The molecule has 0 radical (unpaired) electrons. The van der Waals surface area contributed by atoms with Crippen molar-refractivity contribution < 1.29 is 22.3 Å². The molecular formula is C25H17F4N5O2. The van der Waals surface area contributed by atoms with Crippen LogP contribution < -0.4 is 16.3 Å². The second-order valence-electron chi connectivity index (χ2n) is 8.75. The molecular weight excluding hydrogens is 478 g/mol. The third kappa shape index (κ3) is 3.21. The molecule has 2 fully saturated rings. The maximum Gasteiger partial charge on any atom is 0.347 e. The number of nitrogens with one attached hydrogen (secondary N) is 1. The zero-order valence-corrected chi connectivity index (χ0v) is 18.5. The molecule has 0 spiro atoms. The number of terminal acetylenes is 1. The van der Waals surface area contributed by atoms with Crippen molar-refractivity contribution in [3.05, 3.63) is 57.9 Å². The Kier molecular flexibility index (Phi) is 4.91. The molecule has 0 unspecified atom stereocenters. The molecule has 0 amide bonds. The molecule has 1 saturated heterocycles. The van der Waals surface area contributed by atoms with Gasteiger partial charge in [0, 0.05) is 36.0 Å². The number of aromatic amines is 1. The minimum absolute atomic E-state index is 0.0183. The topological polar surface area (TPSA) is 97.1 Å². The van der Waals surface area contributed by atoms with Gasteiger partial charge in [0.15, 0.2) is 23.6 Å². The highest BCUT2D eigenvalue weighted by atomic mass is 19.2. The summed E-state index contributed by atoms with van der Waals surface area (Å²) in [5.41, 5.74) is 4.33. The third-order valence-corrected chi connectivity index (χ3v) is 6.57. The van der Waals surface area contributed by atoms with Gasteiger partial charge < -0.3 is 20.4 Å². The van der Waals surface area contributed by atoms with E-state index < -0.39 is 47.0 Å². The van der Waals surface area contributed by atoms with Crippen LogP contribution in [0.1, 0.15) is 12.0 Å². The van der Waals surface area contributed by atoms with Crippen molar-refractivity contribution in [2.24, 2.45) is 0 Å². The SMILES string of the molecule is C#Cc1c(F)c(F)cc2cc(N)cc(-c3ncc4c(N5CCCO[C@H]6[C@H](F)[C@H]65)nc(=O)[nH]c4c3F)c12. The molecule has 6 rings (SSSR count). The van der Waals surface area contributed by atoms with E-state index in [1.54, 1.807) is 4.90 Å². The van der Waals surface area contributed by atoms with Gasteiger partial charge in [0.25, 0.3) is 0 Å². The molecule has 2 aromatic heterocycles. The van der Waals surface area contributed by atoms with Gasteiger partial charge in [0.1, 0.15) is 17.6 Å². The highest BCUT2D eigenvalue weighted by molar-refractivity contribution is 6.03. The Morgan fingerprint density at radius 1 is 1.22 bits per heavy atom. The van der Waals surface area contributed by atoms with Crippen LogP contribution in [0.3, 0.4) is 0 Å². The van der Waals surface area contributed by atoms with Crippen molar-refractivity contribution in [3.63, 3.8) is 0 Å². The Bertz CT molecular complexity index is 1680. The van der Waals surface area contributed by atoms with Crippen LogP contribution in [0, 0.1) is 29.8 Å². The monoisotopic (exact) mass is 495 g/mol. The van der Waals surface area contributed by atoms with Gasteiger partial charge in [-0.2, -0.15) is 4.98 Å². The quantitative estimate of drug-likeness (QED) is 0.251. The molecule has 11 heteroatoms. The number of halogens is 4. The first-order valence-corrected chi connectivity index (χ1v) is 11.1. The lowest BCUT2D eigenvalue weighted by Crippen LogP contribution is -2.32. The van der Waals surface area contributed by atoms with Crippen LogP contribution in [0.4, 0.5) is 29.1 Å². The van der Waals surface area contributed by atoms with Crippen LogP contribution in [-0.4, -0.2) is 46.4 Å². The number of hydrogen-bond donors (Lipinski definition) is 2. The summed E-state index contributed by atoms with van der Waals surface area (Å²) in [5.74, 6) is -1.19. The van der Waals surface area contributed by atoms with Crippen LogP contribution in [-0.2, 0) is 4.74 Å². The molecule has 3 atom stereocenters. The van der Waals surface area contributed by atoms with Gasteiger partial charge in [-0.1, -0.05) is 5.92 Å². The fourth-order valence-electron chi connectivity index (χ4n) is 4.93. The van der Waals surface area contributed by atoms with Crippen molar-refractivity contribution in [1.29, 1.82) is 0 Å². The zero-order valence-electron chi connectivity index (χ0n) is 18.5. The number of alkyl halides is 1. The first-order chi connectivity index (χ1) is 17.3. The number of nitrogens with two attached hydrogens (primary N) is 1. The average molecular weight is 495 g/mol. The van der Waals surface area contributed by atoms with E-state index in [1.807, 2.05) is 0 Å². The predicted octanol–water partition coefficient (Wildman–Crippen LogP) is 3.43. The van der Waals surface area contributed by atoms with Crippen LogP contribution in [0.2, 0.25) is 0 Å². The zero-order chi connectivity index (χ0) is 25.3. The van der Waals surface area contributed by atoms with Gasteiger partial charge in [-0.25, -0.2) is 22.4 Å². The smallest absolute Gasteiger partial charge is 0.347 e. The Labute approximate surface area is 200 Å². The van der Waals surface area contributed by atoms with E-state index >= 15 is 4.39 Å². The van der Waals surface area contributed by atoms with Crippen molar-refractivity contribution in [1.82, 2.24) is 15.0 Å². The standard InChI is InChI=1S/C25H17F4N5O2/c1-2-12-16-10(7-15(26)17(12)27)6-11(30)8-13(16)20-18(28)21-14(9-31-20)24(33-25(35)32-21)34-4-3-5-36-23-19(29)22(23)34/h1,6-9,19,22-23H,3-5,30H2,(H,32,33,35)/t19-,22-,23+/m1/s1. The van der Waals surface area contributed by atoms with Gasteiger partial charge in [0.2, 0.25) is 0 Å². The van der Waals surface area contributed by atoms with Gasteiger partial charge in [-0.3, -0.25) is 4.98 Å². The van der Waals surface area contributed by atoms with Gasteiger partial charge in [-0.05, 0) is 30.0 Å². The molecule has 3 N–H and O–H groups in total. The molecule has 3 heterocycles. The van der Waals surface area contributed by atoms with E-state index in [4.69, 9.17) is 16.9 Å². The number of rotatable bonds is 2. The lowest BCUT2D eigenvalue weighted by molar-refractivity contribution is 0.105. The summed E-state index contributed by atoms with van der Waals surface area (Å²) < 4.78 is 64.4. The first-order valence-electron chi connectivity index (χ1n) is 11.1. The summed E-state index contributed by atoms with van der Waals surface area (Å²) in [6, 6.07) is 3.00. The van der Waals surface area contributed by atoms with E-state index in [1.165, 1.54) is 18.3 Å². The number of hydrogen-bond acceptors (Lipinski definition) is 6. The summed E-state index contributed by atoms with van der Waals surface area (Å²) in [6.07, 6.45) is 5.41. The summed E-state index contributed by atoms with van der Waals surface area (Å²) >= 11 is 0. The van der Waals surface area contributed by atoms with Crippen molar-refractivity contribution >= 4 is 33.2 Å². The Balaban J connectivity index is 1.61. The fourth-order valence-corrected chi connectivity index (χ4v) is 4.93. The van der Waals surface area contributed by atoms with Crippen molar-refractivity contribution in [2.75, 3.05) is 23.8 Å². The summed E-state index contributed by atoms with van der Waals surface area (Å²) in [5, 5.41) is 0.345. The lowest BCUT2D eigenvalue weighted by atomic mass is 9.95. The van der Waals surface area contributed by atoms with E-state index in [0.29, 0.717) is 19.6 Å². The van der Waals surface area contributed by atoms with E-state index in [2.05, 4.69) is 20.9 Å². The number of nitrogens with zero attached hydrogens (tertiary/aromatic N) is 3. The fraction of sp³-hybridized carbons (Fsp3) is 0.240. The van der Waals surface area contributed by atoms with E-state index in [9.17, 15) is 18.0 Å². The molecule has 1 aliphatic heterocycles. The predicted molar refractivity (Wildman–Crippen MR) is 126 cm³/mol. The summed E-state index contributed by atoms with van der Waals surface area (Å²) in [4.78, 5) is 24.6. The van der Waals surface area contributed by atoms with Crippen molar-refractivity contribution in [3.8, 4) is 23.6 Å². The molecule has 1 saturated carbocycles. The average Bonchev–Trinajstić information content (AvgIpc) is 3.54. The number of benzene rings is 2. The highest BCUT2D eigenvalue weighted by Gasteiger charge is 2.57. The van der Waals surface area contributed by atoms with Gasteiger partial charge in [-0.15, -0.1) is 6.42 Å².